The molecule has 0 spiro atoms. The average Bonchev–Trinajstić information content (AvgIpc) is 2.51. The van der Waals surface area contributed by atoms with Gasteiger partial charge < -0.3 is 14.4 Å². The van der Waals surface area contributed by atoms with Crippen molar-refractivity contribution in [3.05, 3.63) is 23.3 Å². The summed E-state index contributed by atoms with van der Waals surface area (Å²) >= 11 is 0. The first-order valence-corrected chi connectivity index (χ1v) is 8.84. The van der Waals surface area contributed by atoms with Crippen molar-refractivity contribution in [3.63, 3.8) is 0 Å². The van der Waals surface area contributed by atoms with Gasteiger partial charge >= 0.3 is 0 Å². The van der Waals surface area contributed by atoms with Crippen LogP contribution in [0.15, 0.2) is 17.0 Å². The summed E-state index contributed by atoms with van der Waals surface area (Å²) in [6.45, 7) is 5.21. The van der Waals surface area contributed by atoms with Gasteiger partial charge in [0.05, 0.1) is 13.7 Å². The van der Waals surface area contributed by atoms with Gasteiger partial charge in [-0.3, -0.25) is 4.79 Å². The number of nitrogens with one attached hydrogen (secondary N) is 1. The highest BCUT2D eigenvalue weighted by atomic mass is 32.2. The van der Waals surface area contributed by atoms with E-state index in [-0.39, 0.29) is 24.0 Å². The number of rotatable bonds is 6. The fourth-order valence-electron chi connectivity index (χ4n) is 2.31. The quantitative estimate of drug-likeness (QED) is 0.811. The zero-order valence-electron chi connectivity index (χ0n) is 13.6. The van der Waals surface area contributed by atoms with Crippen LogP contribution in [0.2, 0.25) is 0 Å². The number of morpholine rings is 1. The third-order valence-electron chi connectivity index (χ3n) is 3.83. The first kappa shape index (κ1) is 17.7. The molecular formula is C15H22N2O5S. The minimum Gasteiger partial charge on any atom is -0.495 e. The van der Waals surface area contributed by atoms with E-state index in [9.17, 15) is 13.2 Å². The summed E-state index contributed by atoms with van der Waals surface area (Å²) in [6, 6.07) is 3.30. The molecule has 8 heteroatoms. The second-order valence-electron chi connectivity index (χ2n) is 5.42. The maximum Gasteiger partial charge on any atom is 0.248 e. The van der Waals surface area contributed by atoms with Crippen LogP contribution in [0.1, 0.15) is 11.1 Å². The van der Waals surface area contributed by atoms with Crippen molar-refractivity contribution < 1.29 is 22.7 Å². The van der Waals surface area contributed by atoms with Gasteiger partial charge in [-0.25, -0.2) is 13.1 Å². The van der Waals surface area contributed by atoms with Crippen molar-refractivity contribution in [2.75, 3.05) is 40.0 Å². The van der Waals surface area contributed by atoms with Crippen LogP contribution >= 0.6 is 0 Å². The number of methoxy groups -OCH3 is 1. The predicted octanol–water partition coefficient (Wildman–Crippen LogP) is 0.449. The zero-order valence-corrected chi connectivity index (χ0v) is 14.4. The fraction of sp³-hybridized carbons (Fsp3) is 0.533. The molecule has 1 N–H and O–H groups in total. The Kier molecular flexibility index (Phi) is 5.61. The molecule has 1 aliphatic heterocycles. The molecule has 0 saturated carbocycles. The largest absolute Gasteiger partial charge is 0.495 e. The maximum absolute atomic E-state index is 12.5. The summed E-state index contributed by atoms with van der Waals surface area (Å²) in [5.41, 5.74) is 1.83. The van der Waals surface area contributed by atoms with Crippen molar-refractivity contribution in [2.24, 2.45) is 0 Å². The zero-order chi connectivity index (χ0) is 17.0. The van der Waals surface area contributed by atoms with Crippen LogP contribution in [0.4, 0.5) is 0 Å². The van der Waals surface area contributed by atoms with E-state index in [4.69, 9.17) is 9.47 Å². The summed E-state index contributed by atoms with van der Waals surface area (Å²) in [6.07, 6.45) is 0. The highest BCUT2D eigenvalue weighted by Gasteiger charge is 2.22. The van der Waals surface area contributed by atoms with Gasteiger partial charge in [-0.15, -0.1) is 0 Å². The fourth-order valence-corrected chi connectivity index (χ4v) is 3.57. The van der Waals surface area contributed by atoms with E-state index in [0.29, 0.717) is 25.4 Å². The van der Waals surface area contributed by atoms with E-state index >= 15 is 0 Å². The number of nitrogens with zero attached hydrogens (tertiary/aromatic N) is 1. The molecule has 2 rings (SSSR count). The Labute approximate surface area is 136 Å². The lowest BCUT2D eigenvalue weighted by Gasteiger charge is -2.26. The van der Waals surface area contributed by atoms with Crippen LogP contribution in [0.5, 0.6) is 5.75 Å². The van der Waals surface area contributed by atoms with E-state index in [0.717, 1.165) is 11.1 Å². The lowest BCUT2D eigenvalue weighted by molar-refractivity contribution is -0.142. The lowest BCUT2D eigenvalue weighted by Crippen LogP contribution is -2.45. The van der Waals surface area contributed by atoms with Crippen molar-refractivity contribution in [1.82, 2.24) is 9.62 Å². The minimum atomic E-state index is -3.70. The first-order chi connectivity index (χ1) is 10.8. The molecule has 1 fully saturated rings. The number of hydrogen-bond donors (Lipinski definition) is 1. The Hall–Kier alpha value is -1.64. The summed E-state index contributed by atoms with van der Waals surface area (Å²) < 4.78 is 37.7. The third-order valence-corrected chi connectivity index (χ3v) is 5.31. The molecule has 0 aliphatic carbocycles. The number of hydrogen-bond acceptors (Lipinski definition) is 5. The molecule has 1 aliphatic rings. The smallest absolute Gasteiger partial charge is 0.248 e. The molecular weight excluding hydrogens is 320 g/mol. The highest BCUT2D eigenvalue weighted by Crippen LogP contribution is 2.27. The minimum absolute atomic E-state index is 0.0533. The lowest BCUT2D eigenvalue weighted by atomic mass is 10.1. The Morgan fingerprint density at radius 3 is 2.65 bits per heavy atom. The molecule has 1 saturated heterocycles. The number of sulfonamides is 1. The van der Waals surface area contributed by atoms with Crippen LogP contribution in [-0.4, -0.2) is 59.2 Å². The van der Waals surface area contributed by atoms with Gasteiger partial charge in [0.1, 0.15) is 17.3 Å². The summed E-state index contributed by atoms with van der Waals surface area (Å²) in [7, 11) is -2.26. The molecule has 1 aromatic rings. The molecule has 128 valence electrons. The Morgan fingerprint density at radius 1 is 1.30 bits per heavy atom. The number of carbonyl (C=O) groups is 1. The average molecular weight is 342 g/mol. The standard InChI is InChI=1S/C15H22N2O5S/c1-11-8-13(21-3)14(9-12(11)2)23(19,20)16-4-5-17-6-7-22-10-15(17)18/h8-9,16H,4-7,10H2,1-3H3. The van der Waals surface area contributed by atoms with E-state index in [1.807, 2.05) is 13.8 Å². The van der Waals surface area contributed by atoms with E-state index in [2.05, 4.69) is 4.72 Å². The Morgan fingerprint density at radius 2 is 2.00 bits per heavy atom. The monoisotopic (exact) mass is 342 g/mol. The van der Waals surface area contributed by atoms with Gasteiger partial charge in [0.25, 0.3) is 0 Å². The normalized spacial score (nSPS) is 15.8. The van der Waals surface area contributed by atoms with E-state index in [1.165, 1.54) is 7.11 Å². The van der Waals surface area contributed by atoms with Gasteiger partial charge in [0.2, 0.25) is 15.9 Å². The second kappa shape index (κ2) is 7.29. The van der Waals surface area contributed by atoms with Crippen LogP contribution in [0, 0.1) is 13.8 Å². The van der Waals surface area contributed by atoms with Gasteiger partial charge in [-0.05, 0) is 37.1 Å². The molecule has 0 radical (unpaired) electrons. The second-order valence-corrected chi connectivity index (χ2v) is 7.15. The van der Waals surface area contributed by atoms with Gasteiger partial charge in [-0.2, -0.15) is 0 Å². The first-order valence-electron chi connectivity index (χ1n) is 7.35. The number of aryl methyl sites for hydroxylation is 2. The van der Waals surface area contributed by atoms with Gasteiger partial charge in [0.15, 0.2) is 0 Å². The number of ether oxygens (including phenoxy) is 2. The van der Waals surface area contributed by atoms with Crippen molar-refractivity contribution in [2.45, 2.75) is 18.7 Å². The Bertz CT molecular complexity index is 687. The molecule has 0 aromatic heterocycles. The number of benzene rings is 1. The van der Waals surface area contributed by atoms with Crippen LogP contribution in [-0.2, 0) is 19.6 Å². The number of carbonyl (C=O) groups excluding carboxylic acids is 1. The van der Waals surface area contributed by atoms with Crippen LogP contribution in [0.25, 0.3) is 0 Å². The maximum atomic E-state index is 12.5. The van der Waals surface area contributed by atoms with Crippen LogP contribution < -0.4 is 9.46 Å². The molecule has 0 unspecified atom stereocenters. The SMILES string of the molecule is COc1cc(C)c(C)cc1S(=O)(=O)NCCN1CCOCC1=O. The van der Waals surface area contributed by atoms with Crippen molar-refractivity contribution >= 4 is 15.9 Å². The Balaban J connectivity index is 2.07. The summed E-state index contributed by atoms with van der Waals surface area (Å²) in [5.74, 6) is 0.183. The molecule has 23 heavy (non-hydrogen) atoms. The van der Waals surface area contributed by atoms with Gasteiger partial charge in [0, 0.05) is 19.6 Å². The molecule has 1 heterocycles. The van der Waals surface area contributed by atoms with Gasteiger partial charge in [-0.1, -0.05) is 0 Å². The van der Waals surface area contributed by atoms with Crippen molar-refractivity contribution in [1.29, 1.82) is 0 Å². The van der Waals surface area contributed by atoms with E-state index < -0.39 is 10.0 Å². The summed E-state index contributed by atoms with van der Waals surface area (Å²) in [4.78, 5) is 13.3. The molecule has 1 aromatic carbocycles. The molecule has 7 nitrogen and oxygen atoms in total. The third kappa shape index (κ3) is 4.21. The van der Waals surface area contributed by atoms with Crippen molar-refractivity contribution in [3.8, 4) is 5.75 Å². The highest BCUT2D eigenvalue weighted by molar-refractivity contribution is 7.89. The predicted molar refractivity (Wildman–Crippen MR) is 85.1 cm³/mol. The molecule has 0 atom stereocenters. The van der Waals surface area contributed by atoms with Crippen LogP contribution in [0.3, 0.4) is 0 Å². The van der Waals surface area contributed by atoms with E-state index in [1.54, 1.807) is 17.0 Å². The summed E-state index contributed by atoms with van der Waals surface area (Å²) in [5, 5.41) is 0. The number of amides is 1. The topological polar surface area (TPSA) is 84.9 Å². The molecule has 0 bridgehead atoms. The molecule has 1 amide bonds.